The number of benzene rings is 1. The lowest BCUT2D eigenvalue weighted by Crippen LogP contribution is -2.36. The van der Waals surface area contributed by atoms with E-state index in [1.165, 1.54) is 5.56 Å². The van der Waals surface area contributed by atoms with Crippen LogP contribution in [0, 0.1) is 5.92 Å². The highest BCUT2D eigenvalue weighted by Crippen LogP contribution is 2.12. The minimum Gasteiger partial charge on any atom is -0.484 e. The van der Waals surface area contributed by atoms with Crippen LogP contribution in [0.4, 0.5) is 0 Å². The summed E-state index contributed by atoms with van der Waals surface area (Å²) in [5.41, 5.74) is 7.25. The highest BCUT2D eigenvalue weighted by atomic mass is 35.5. The van der Waals surface area contributed by atoms with E-state index in [0.29, 0.717) is 12.5 Å². The lowest BCUT2D eigenvalue weighted by molar-refractivity contribution is -0.132. The molecule has 1 amide bonds. The van der Waals surface area contributed by atoms with Crippen LogP contribution in [-0.2, 0) is 11.2 Å². The third kappa shape index (κ3) is 7.14. The maximum atomic E-state index is 12.0. The molecule has 1 unspecified atom stereocenters. The van der Waals surface area contributed by atoms with E-state index in [4.69, 9.17) is 10.5 Å². The van der Waals surface area contributed by atoms with Crippen LogP contribution in [0.15, 0.2) is 24.3 Å². The molecule has 0 spiro atoms. The van der Waals surface area contributed by atoms with Crippen LogP contribution in [0.3, 0.4) is 0 Å². The molecule has 1 aromatic rings. The monoisotopic (exact) mass is 328 g/mol. The van der Waals surface area contributed by atoms with Crippen LogP contribution in [-0.4, -0.2) is 37.0 Å². The number of nitrogens with two attached hydrogens (primary N) is 1. The van der Waals surface area contributed by atoms with Gasteiger partial charge in [-0.25, -0.2) is 0 Å². The molecule has 0 aromatic heterocycles. The highest BCUT2D eigenvalue weighted by Gasteiger charge is 2.13. The molecule has 0 heterocycles. The van der Waals surface area contributed by atoms with Crippen molar-refractivity contribution in [3.05, 3.63) is 29.8 Å². The van der Waals surface area contributed by atoms with E-state index in [1.54, 1.807) is 11.9 Å². The Morgan fingerprint density at radius 3 is 2.36 bits per heavy atom. The summed E-state index contributed by atoms with van der Waals surface area (Å²) >= 11 is 0. The number of hydrogen-bond acceptors (Lipinski definition) is 3. The van der Waals surface area contributed by atoms with Gasteiger partial charge in [-0.1, -0.05) is 32.9 Å². The summed E-state index contributed by atoms with van der Waals surface area (Å²) in [6.45, 7) is 7.02. The first-order valence-electron chi connectivity index (χ1n) is 7.65. The molecule has 0 aliphatic rings. The standard InChI is InChI=1S/C17H28N2O2.ClH/c1-5-14-6-8-15(9-7-14)21-12-17(20)19(4)11-10-16(18)13(2)3;/h6-9,13,16H,5,10-12,18H2,1-4H3;1H. The molecule has 22 heavy (non-hydrogen) atoms. The smallest absolute Gasteiger partial charge is 0.260 e. The van der Waals surface area contributed by atoms with Gasteiger partial charge in [0.2, 0.25) is 0 Å². The van der Waals surface area contributed by atoms with Crippen LogP contribution in [0.1, 0.15) is 32.8 Å². The molecule has 2 N–H and O–H groups in total. The second-order valence-corrected chi connectivity index (χ2v) is 5.80. The van der Waals surface area contributed by atoms with Gasteiger partial charge in [-0.15, -0.1) is 12.4 Å². The predicted molar refractivity (Wildman–Crippen MR) is 93.6 cm³/mol. The molecule has 0 fully saturated rings. The molecule has 1 aromatic carbocycles. The van der Waals surface area contributed by atoms with Gasteiger partial charge >= 0.3 is 0 Å². The normalized spacial score (nSPS) is 11.7. The number of hydrogen-bond donors (Lipinski definition) is 1. The van der Waals surface area contributed by atoms with E-state index in [1.807, 2.05) is 24.3 Å². The predicted octanol–water partition coefficient (Wildman–Crippen LogP) is 2.88. The summed E-state index contributed by atoms with van der Waals surface area (Å²) in [5.74, 6) is 1.14. The summed E-state index contributed by atoms with van der Waals surface area (Å²) in [6, 6.07) is 7.97. The fourth-order valence-electron chi connectivity index (χ4n) is 1.88. The number of likely N-dealkylation sites (N-methyl/N-ethyl adjacent to an activating group) is 1. The number of aryl methyl sites for hydroxylation is 1. The zero-order valence-corrected chi connectivity index (χ0v) is 14.9. The minimum absolute atomic E-state index is 0. The zero-order chi connectivity index (χ0) is 15.8. The Kier molecular flexibility index (Phi) is 9.86. The quantitative estimate of drug-likeness (QED) is 0.798. The number of carbonyl (C=O) groups is 1. The molecule has 0 aliphatic carbocycles. The van der Waals surface area contributed by atoms with Crippen molar-refractivity contribution in [2.24, 2.45) is 11.7 Å². The minimum atomic E-state index is -0.0227. The molecule has 5 heteroatoms. The lowest BCUT2D eigenvalue weighted by atomic mass is 10.0. The second-order valence-electron chi connectivity index (χ2n) is 5.80. The van der Waals surface area contributed by atoms with E-state index < -0.39 is 0 Å². The van der Waals surface area contributed by atoms with Crippen molar-refractivity contribution in [2.45, 2.75) is 39.7 Å². The largest absolute Gasteiger partial charge is 0.484 e. The lowest BCUT2D eigenvalue weighted by Gasteiger charge is -2.21. The van der Waals surface area contributed by atoms with Gasteiger partial charge in [0, 0.05) is 19.6 Å². The molecule has 126 valence electrons. The number of carbonyl (C=O) groups excluding carboxylic acids is 1. The number of halogens is 1. The van der Waals surface area contributed by atoms with E-state index in [2.05, 4.69) is 20.8 Å². The van der Waals surface area contributed by atoms with Crippen molar-refractivity contribution in [2.75, 3.05) is 20.2 Å². The first-order chi connectivity index (χ1) is 9.93. The average Bonchev–Trinajstić information content (AvgIpc) is 2.50. The number of nitrogens with zero attached hydrogens (tertiary/aromatic N) is 1. The van der Waals surface area contributed by atoms with Crippen molar-refractivity contribution in [1.82, 2.24) is 4.90 Å². The molecule has 0 saturated heterocycles. The highest BCUT2D eigenvalue weighted by molar-refractivity contribution is 5.85. The van der Waals surface area contributed by atoms with Gasteiger partial charge in [0.05, 0.1) is 0 Å². The summed E-state index contributed by atoms with van der Waals surface area (Å²) in [5, 5.41) is 0. The Balaban J connectivity index is 0.00000441. The topological polar surface area (TPSA) is 55.6 Å². The molecular weight excluding hydrogens is 300 g/mol. The molecule has 1 rings (SSSR count). The second kappa shape index (κ2) is 10.5. The fourth-order valence-corrected chi connectivity index (χ4v) is 1.88. The first-order valence-corrected chi connectivity index (χ1v) is 7.65. The Hall–Kier alpha value is -1.26. The Labute approximate surface area is 140 Å². The summed E-state index contributed by atoms with van der Waals surface area (Å²) in [7, 11) is 1.79. The Morgan fingerprint density at radius 1 is 1.27 bits per heavy atom. The van der Waals surface area contributed by atoms with E-state index >= 15 is 0 Å². The third-order valence-corrected chi connectivity index (χ3v) is 3.77. The third-order valence-electron chi connectivity index (χ3n) is 3.77. The van der Waals surface area contributed by atoms with Gasteiger partial charge in [0.15, 0.2) is 6.61 Å². The van der Waals surface area contributed by atoms with E-state index in [0.717, 1.165) is 18.6 Å². The van der Waals surface area contributed by atoms with Crippen LogP contribution < -0.4 is 10.5 Å². The average molecular weight is 329 g/mol. The molecule has 0 aliphatic heterocycles. The molecular formula is C17H29ClN2O2. The van der Waals surface area contributed by atoms with Crippen LogP contribution in [0.25, 0.3) is 0 Å². The van der Waals surface area contributed by atoms with Crippen molar-refractivity contribution < 1.29 is 9.53 Å². The SMILES string of the molecule is CCc1ccc(OCC(=O)N(C)CCC(N)C(C)C)cc1.Cl. The molecule has 0 bridgehead atoms. The maximum absolute atomic E-state index is 12.0. The van der Waals surface area contributed by atoms with Crippen LogP contribution in [0.2, 0.25) is 0 Å². The fraction of sp³-hybridized carbons (Fsp3) is 0.588. The van der Waals surface area contributed by atoms with Gasteiger partial charge in [-0.05, 0) is 36.5 Å². The van der Waals surface area contributed by atoms with Crippen LogP contribution in [0.5, 0.6) is 5.75 Å². The first kappa shape index (κ1) is 20.7. The summed E-state index contributed by atoms with van der Waals surface area (Å²) < 4.78 is 5.52. The van der Waals surface area contributed by atoms with Crippen molar-refractivity contribution in [3.8, 4) is 5.75 Å². The number of rotatable bonds is 8. The maximum Gasteiger partial charge on any atom is 0.260 e. The molecule has 0 radical (unpaired) electrons. The van der Waals surface area contributed by atoms with Gasteiger partial charge in [-0.3, -0.25) is 4.79 Å². The number of amides is 1. The van der Waals surface area contributed by atoms with Crippen molar-refractivity contribution >= 4 is 18.3 Å². The van der Waals surface area contributed by atoms with Gasteiger partial charge < -0.3 is 15.4 Å². The zero-order valence-electron chi connectivity index (χ0n) is 14.0. The number of ether oxygens (including phenoxy) is 1. The summed E-state index contributed by atoms with van der Waals surface area (Å²) in [6.07, 6.45) is 1.81. The van der Waals surface area contributed by atoms with E-state index in [-0.39, 0.29) is 31.0 Å². The molecule has 0 saturated carbocycles. The van der Waals surface area contributed by atoms with Crippen LogP contribution >= 0.6 is 12.4 Å². The summed E-state index contributed by atoms with van der Waals surface area (Å²) in [4.78, 5) is 13.7. The van der Waals surface area contributed by atoms with Crippen molar-refractivity contribution in [1.29, 1.82) is 0 Å². The van der Waals surface area contributed by atoms with E-state index in [9.17, 15) is 4.79 Å². The van der Waals surface area contributed by atoms with Gasteiger partial charge in [0.25, 0.3) is 5.91 Å². The molecule has 1 atom stereocenters. The van der Waals surface area contributed by atoms with Gasteiger partial charge in [0.1, 0.15) is 5.75 Å². The Morgan fingerprint density at radius 2 is 1.86 bits per heavy atom. The van der Waals surface area contributed by atoms with Crippen molar-refractivity contribution in [3.63, 3.8) is 0 Å². The van der Waals surface area contributed by atoms with Gasteiger partial charge in [-0.2, -0.15) is 0 Å². The molecule has 4 nitrogen and oxygen atoms in total. The Bertz CT molecular complexity index is 435.